The van der Waals surface area contributed by atoms with Crippen LogP contribution in [-0.4, -0.2) is 63.4 Å². The Hall–Kier alpha value is -3.71. The van der Waals surface area contributed by atoms with Gasteiger partial charge in [-0.05, 0) is 55.4 Å². The maximum absolute atomic E-state index is 12.6. The SMILES string of the molecule is N#Cc1c[nH]c(C(=O)NC[C@@H]2CC[C@H](CC(=O)NCc3ccncc3)N2CC2CC2)c1.O=CO. The number of carboxylic acid groups (broad SMARTS) is 1. The number of nitrogens with zero attached hydrogens (tertiary/aromatic N) is 3. The van der Waals surface area contributed by atoms with Gasteiger partial charge in [0.1, 0.15) is 11.8 Å². The third kappa shape index (κ3) is 7.42. The molecule has 2 fully saturated rings. The Balaban J connectivity index is 0.00000103. The van der Waals surface area contributed by atoms with E-state index in [2.05, 4.69) is 25.5 Å². The van der Waals surface area contributed by atoms with E-state index in [4.69, 9.17) is 15.2 Å². The molecule has 10 heteroatoms. The molecule has 0 bridgehead atoms. The molecule has 2 amide bonds. The number of amides is 2. The van der Waals surface area contributed by atoms with Gasteiger partial charge in [0.2, 0.25) is 5.91 Å². The number of likely N-dealkylation sites (tertiary alicyclic amines) is 1. The maximum Gasteiger partial charge on any atom is 0.290 e. The van der Waals surface area contributed by atoms with Crippen molar-refractivity contribution in [3.05, 3.63) is 53.6 Å². The van der Waals surface area contributed by atoms with Gasteiger partial charge >= 0.3 is 0 Å². The predicted octanol–water partition coefficient (Wildman–Crippen LogP) is 1.66. The van der Waals surface area contributed by atoms with Gasteiger partial charge in [0.05, 0.1) is 5.56 Å². The lowest BCUT2D eigenvalue weighted by atomic mass is 10.1. The third-order valence-corrected chi connectivity index (χ3v) is 6.15. The molecule has 180 valence electrons. The second kappa shape index (κ2) is 12.5. The minimum atomic E-state index is -0.250. The molecule has 4 N–H and O–H groups in total. The number of H-pyrrole nitrogens is 1. The van der Waals surface area contributed by atoms with Gasteiger partial charge in [-0.3, -0.25) is 24.3 Å². The van der Waals surface area contributed by atoms with Crippen LogP contribution in [-0.2, 0) is 16.1 Å². The highest BCUT2D eigenvalue weighted by Gasteiger charge is 2.38. The summed E-state index contributed by atoms with van der Waals surface area (Å²) in [5.41, 5.74) is 1.88. The van der Waals surface area contributed by atoms with Crippen LogP contribution in [0.3, 0.4) is 0 Å². The van der Waals surface area contributed by atoms with Gasteiger partial charge < -0.3 is 20.7 Å². The van der Waals surface area contributed by atoms with Crippen molar-refractivity contribution < 1.29 is 19.5 Å². The summed E-state index contributed by atoms with van der Waals surface area (Å²) < 4.78 is 0. The smallest absolute Gasteiger partial charge is 0.290 e. The van der Waals surface area contributed by atoms with Crippen molar-refractivity contribution in [2.45, 2.75) is 50.7 Å². The van der Waals surface area contributed by atoms with Gasteiger partial charge in [0.15, 0.2) is 0 Å². The number of hydrogen-bond donors (Lipinski definition) is 4. The summed E-state index contributed by atoms with van der Waals surface area (Å²) in [6.07, 6.45) is 9.87. The van der Waals surface area contributed by atoms with Crippen molar-refractivity contribution in [1.82, 2.24) is 25.5 Å². The van der Waals surface area contributed by atoms with E-state index in [1.165, 1.54) is 19.0 Å². The largest absolute Gasteiger partial charge is 0.483 e. The van der Waals surface area contributed by atoms with Crippen molar-refractivity contribution in [3.8, 4) is 6.07 Å². The molecule has 2 atom stereocenters. The van der Waals surface area contributed by atoms with Crippen LogP contribution in [0.5, 0.6) is 0 Å². The first-order valence-corrected chi connectivity index (χ1v) is 11.4. The first-order chi connectivity index (χ1) is 16.5. The van der Waals surface area contributed by atoms with Gasteiger partial charge in [-0.2, -0.15) is 5.26 Å². The summed E-state index contributed by atoms with van der Waals surface area (Å²) in [7, 11) is 0. The summed E-state index contributed by atoms with van der Waals surface area (Å²) in [6.45, 7) is 1.79. The number of pyridine rings is 1. The molecule has 2 aromatic heterocycles. The zero-order valence-electron chi connectivity index (χ0n) is 18.9. The molecule has 1 saturated carbocycles. The zero-order valence-corrected chi connectivity index (χ0v) is 18.9. The Labute approximate surface area is 198 Å². The van der Waals surface area contributed by atoms with E-state index in [9.17, 15) is 9.59 Å². The average molecular weight is 467 g/mol. The molecule has 1 aliphatic carbocycles. The molecule has 0 radical (unpaired) electrons. The summed E-state index contributed by atoms with van der Waals surface area (Å²) in [4.78, 5) is 42.6. The first kappa shape index (κ1) is 24.9. The molecular weight excluding hydrogens is 436 g/mol. The number of aromatic amines is 1. The summed E-state index contributed by atoms with van der Waals surface area (Å²) >= 11 is 0. The molecule has 0 spiro atoms. The molecule has 0 aromatic carbocycles. The molecule has 2 aromatic rings. The lowest BCUT2D eigenvalue weighted by Gasteiger charge is -2.30. The van der Waals surface area contributed by atoms with E-state index >= 15 is 0 Å². The number of hydrogen-bond acceptors (Lipinski definition) is 6. The molecule has 3 heterocycles. The van der Waals surface area contributed by atoms with Crippen LogP contribution >= 0.6 is 0 Å². The molecule has 4 rings (SSSR count). The Morgan fingerprint density at radius 3 is 2.56 bits per heavy atom. The molecular formula is C24H30N6O4. The fourth-order valence-electron chi connectivity index (χ4n) is 4.23. The van der Waals surface area contributed by atoms with E-state index in [0.29, 0.717) is 36.7 Å². The molecule has 1 aliphatic heterocycles. The number of nitriles is 1. The topological polar surface area (TPSA) is 151 Å². The molecule has 34 heavy (non-hydrogen) atoms. The molecule has 0 unspecified atom stereocenters. The Morgan fingerprint density at radius 2 is 1.91 bits per heavy atom. The number of carbonyl (C=O) groups is 3. The second-order valence-corrected chi connectivity index (χ2v) is 8.59. The van der Waals surface area contributed by atoms with E-state index in [-0.39, 0.29) is 30.4 Å². The van der Waals surface area contributed by atoms with Crippen molar-refractivity contribution in [1.29, 1.82) is 5.26 Å². The second-order valence-electron chi connectivity index (χ2n) is 8.59. The van der Waals surface area contributed by atoms with Gasteiger partial charge in [0.25, 0.3) is 12.4 Å². The summed E-state index contributed by atoms with van der Waals surface area (Å²) in [5.74, 6) is 0.564. The van der Waals surface area contributed by atoms with Crippen molar-refractivity contribution in [2.24, 2.45) is 5.92 Å². The summed E-state index contributed by atoms with van der Waals surface area (Å²) in [6, 6.07) is 7.81. The number of rotatable bonds is 9. The van der Waals surface area contributed by atoms with Crippen LogP contribution in [0.2, 0.25) is 0 Å². The molecule has 1 saturated heterocycles. The van der Waals surface area contributed by atoms with Crippen LogP contribution < -0.4 is 10.6 Å². The van der Waals surface area contributed by atoms with Gasteiger partial charge in [0, 0.05) is 56.7 Å². The zero-order chi connectivity index (χ0) is 24.3. The first-order valence-electron chi connectivity index (χ1n) is 11.4. The lowest BCUT2D eigenvalue weighted by molar-refractivity contribution is -0.123. The van der Waals surface area contributed by atoms with Crippen LogP contribution in [0.25, 0.3) is 0 Å². The highest BCUT2D eigenvalue weighted by Crippen LogP contribution is 2.35. The third-order valence-electron chi connectivity index (χ3n) is 6.15. The van der Waals surface area contributed by atoms with E-state index in [1.54, 1.807) is 18.5 Å². The predicted molar refractivity (Wildman–Crippen MR) is 123 cm³/mol. The normalized spacial score (nSPS) is 19.4. The fourth-order valence-corrected chi connectivity index (χ4v) is 4.23. The van der Waals surface area contributed by atoms with Crippen LogP contribution in [0.4, 0.5) is 0 Å². The van der Waals surface area contributed by atoms with E-state index in [1.807, 2.05) is 18.2 Å². The average Bonchev–Trinajstić information content (AvgIpc) is 3.40. The number of nitrogens with one attached hydrogen (secondary N) is 3. The standard InChI is InChI=1S/C23H28N6O2.CH2O2/c24-11-18-9-21(26-13-18)23(31)28-14-20-4-3-19(29(20)15-17-1-2-17)10-22(30)27-12-16-5-7-25-8-6-16;2-1-3/h5-9,13,17,19-20,26H,1-4,10,12,14-15H2,(H,27,30)(H,28,31);1H,(H,2,3)/t19-,20+;/m1./s1. The molecule has 10 nitrogen and oxygen atoms in total. The minimum absolute atomic E-state index is 0.0581. The molecule has 2 aliphatic rings. The number of aromatic nitrogens is 2. The number of carbonyl (C=O) groups excluding carboxylic acids is 2. The Bertz CT molecular complexity index is 998. The maximum atomic E-state index is 12.6. The van der Waals surface area contributed by atoms with Gasteiger partial charge in [-0.15, -0.1) is 0 Å². The monoisotopic (exact) mass is 466 g/mol. The van der Waals surface area contributed by atoms with Crippen LogP contribution in [0.1, 0.15) is 53.7 Å². The Morgan fingerprint density at radius 1 is 1.21 bits per heavy atom. The Kier molecular flexibility index (Phi) is 9.17. The van der Waals surface area contributed by atoms with Crippen LogP contribution in [0.15, 0.2) is 36.8 Å². The lowest BCUT2D eigenvalue weighted by Crippen LogP contribution is -2.45. The minimum Gasteiger partial charge on any atom is -0.483 e. The quantitative estimate of drug-likeness (QED) is 0.410. The van der Waals surface area contributed by atoms with E-state index < -0.39 is 0 Å². The van der Waals surface area contributed by atoms with Crippen molar-refractivity contribution >= 4 is 18.3 Å². The fraction of sp³-hybridized carbons (Fsp3) is 0.458. The van der Waals surface area contributed by atoms with Gasteiger partial charge in [-0.25, -0.2) is 0 Å². The van der Waals surface area contributed by atoms with Gasteiger partial charge in [-0.1, -0.05) is 0 Å². The van der Waals surface area contributed by atoms with E-state index in [0.717, 1.165) is 24.9 Å². The summed E-state index contributed by atoms with van der Waals surface area (Å²) in [5, 5.41) is 21.8. The van der Waals surface area contributed by atoms with Crippen molar-refractivity contribution in [2.75, 3.05) is 13.1 Å². The highest BCUT2D eigenvalue weighted by molar-refractivity contribution is 5.92. The van der Waals surface area contributed by atoms with Crippen molar-refractivity contribution in [3.63, 3.8) is 0 Å². The van der Waals surface area contributed by atoms with Crippen LogP contribution in [0, 0.1) is 17.2 Å². The highest BCUT2D eigenvalue weighted by atomic mass is 16.3.